The highest BCUT2D eigenvalue weighted by molar-refractivity contribution is 5.39. The monoisotopic (exact) mass is 437 g/mol. The minimum absolute atomic E-state index is 0.127. The van der Waals surface area contributed by atoms with Gasteiger partial charge in [-0.05, 0) is 23.6 Å². The summed E-state index contributed by atoms with van der Waals surface area (Å²) in [5.41, 5.74) is 8.09. The van der Waals surface area contributed by atoms with E-state index in [0.29, 0.717) is 19.6 Å². The van der Waals surface area contributed by atoms with E-state index in [-0.39, 0.29) is 11.8 Å². The van der Waals surface area contributed by atoms with Gasteiger partial charge in [0.25, 0.3) is 0 Å². The summed E-state index contributed by atoms with van der Waals surface area (Å²) < 4.78 is 16.7. The van der Waals surface area contributed by atoms with Crippen LogP contribution in [0.2, 0.25) is 0 Å². The van der Waals surface area contributed by atoms with Crippen LogP contribution in [-0.2, 0) is 11.2 Å². The normalized spacial score (nSPS) is 26.3. The number of nitrogens with zero attached hydrogens (tertiary/aromatic N) is 1. The first-order valence-corrected chi connectivity index (χ1v) is 10.3. The molecule has 1 aromatic carbocycles. The van der Waals surface area contributed by atoms with Crippen molar-refractivity contribution < 1.29 is 34.6 Å². The van der Waals surface area contributed by atoms with E-state index in [4.69, 9.17) is 19.9 Å². The zero-order valence-electron chi connectivity index (χ0n) is 17.6. The minimum atomic E-state index is -1.52. The molecular weight excluding hydrogens is 406 g/mol. The molecule has 1 unspecified atom stereocenters. The Morgan fingerprint density at radius 3 is 2.45 bits per heavy atom. The van der Waals surface area contributed by atoms with Crippen LogP contribution in [0.1, 0.15) is 36.6 Å². The van der Waals surface area contributed by atoms with E-state index in [9.17, 15) is 20.4 Å². The molecule has 3 rings (SSSR count). The van der Waals surface area contributed by atoms with Gasteiger partial charge in [-0.15, -0.1) is 5.10 Å². The Hall–Kier alpha value is -2.21. The van der Waals surface area contributed by atoms with Crippen molar-refractivity contribution in [2.45, 2.75) is 56.9 Å². The second-order valence-corrected chi connectivity index (χ2v) is 7.85. The van der Waals surface area contributed by atoms with E-state index in [1.807, 2.05) is 38.1 Å². The van der Waals surface area contributed by atoms with Crippen molar-refractivity contribution in [3.63, 3.8) is 0 Å². The number of hydrogen-bond acceptors (Lipinski definition) is 9. The number of aromatic amines is 1. The zero-order valence-corrected chi connectivity index (χ0v) is 17.6. The number of aliphatic hydroxyl groups excluding tert-OH is 4. The Kier molecular flexibility index (Phi) is 7.87. The van der Waals surface area contributed by atoms with E-state index in [2.05, 4.69) is 10.2 Å². The Balaban J connectivity index is 1.80. The van der Waals surface area contributed by atoms with E-state index in [1.54, 1.807) is 0 Å². The number of nitrogens with two attached hydrogens (primary N) is 1. The topological polar surface area (TPSA) is 163 Å². The second-order valence-electron chi connectivity index (χ2n) is 7.85. The molecule has 2 aromatic rings. The van der Waals surface area contributed by atoms with Crippen LogP contribution in [0.25, 0.3) is 0 Å². The highest BCUT2D eigenvalue weighted by Crippen LogP contribution is 2.31. The van der Waals surface area contributed by atoms with Crippen molar-refractivity contribution in [1.29, 1.82) is 0 Å². The Morgan fingerprint density at radius 2 is 1.84 bits per heavy atom. The SMILES string of the molecule is CC(C)c1[nH]nc(OC2O[C@H](CO)[C@@H](O)[C@H](O)[C@H]2O)c1Cc1ccc(OCCN)cc1. The van der Waals surface area contributed by atoms with Gasteiger partial charge in [0.15, 0.2) is 0 Å². The van der Waals surface area contributed by atoms with Crippen molar-refractivity contribution in [2.75, 3.05) is 19.8 Å². The van der Waals surface area contributed by atoms with Crippen LogP contribution in [0.15, 0.2) is 24.3 Å². The van der Waals surface area contributed by atoms with Gasteiger partial charge >= 0.3 is 0 Å². The maximum absolute atomic E-state index is 10.3. The molecule has 1 aromatic heterocycles. The quantitative estimate of drug-likeness (QED) is 0.307. The third-order valence-electron chi connectivity index (χ3n) is 5.21. The van der Waals surface area contributed by atoms with Crippen molar-refractivity contribution in [1.82, 2.24) is 10.2 Å². The number of benzene rings is 1. The summed E-state index contributed by atoms with van der Waals surface area (Å²) in [5, 5.41) is 46.8. The van der Waals surface area contributed by atoms with Gasteiger partial charge < -0.3 is 40.4 Å². The lowest BCUT2D eigenvalue weighted by molar-refractivity contribution is -0.278. The molecule has 0 aliphatic carbocycles. The highest BCUT2D eigenvalue weighted by Gasteiger charge is 2.45. The predicted molar refractivity (Wildman–Crippen MR) is 111 cm³/mol. The van der Waals surface area contributed by atoms with Crippen LogP contribution < -0.4 is 15.2 Å². The van der Waals surface area contributed by atoms with Crippen LogP contribution in [-0.4, -0.2) is 81.1 Å². The minimum Gasteiger partial charge on any atom is -0.492 e. The summed E-state index contributed by atoms with van der Waals surface area (Å²) in [4.78, 5) is 0. The number of aromatic nitrogens is 2. The van der Waals surface area contributed by atoms with E-state index >= 15 is 0 Å². The molecule has 0 spiro atoms. The lowest BCUT2D eigenvalue weighted by Crippen LogP contribution is -2.60. The predicted octanol–water partition coefficient (Wildman–Crippen LogP) is -0.360. The lowest BCUT2D eigenvalue weighted by atomic mass is 9.98. The molecule has 172 valence electrons. The standard InChI is InChI=1S/C21H31N3O7/c1-11(2)16-14(9-12-3-5-13(6-4-12)29-8-7-22)20(24-23-16)31-21-19(28)18(27)17(26)15(10-25)30-21/h3-6,11,15,17-19,21,25-28H,7-10,22H2,1-2H3,(H,23,24)/t15-,17-,18+,19-,21?/m1/s1. The van der Waals surface area contributed by atoms with Crippen LogP contribution in [0, 0.1) is 0 Å². The molecule has 31 heavy (non-hydrogen) atoms. The Bertz CT molecular complexity index is 825. The van der Waals surface area contributed by atoms with Gasteiger partial charge in [-0.2, -0.15) is 0 Å². The number of rotatable bonds is 9. The first-order valence-electron chi connectivity index (χ1n) is 10.3. The molecule has 0 radical (unpaired) electrons. The van der Waals surface area contributed by atoms with E-state index < -0.39 is 37.3 Å². The molecule has 10 nitrogen and oxygen atoms in total. The van der Waals surface area contributed by atoms with Gasteiger partial charge in [0, 0.05) is 24.2 Å². The molecule has 1 aliphatic heterocycles. The van der Waals surface area contributed by atoms with Gasteiger partial charge in [-0.25, -0.2) is 0 Å². The molecule has 1 saturated heterocycles. The molecule has 0 saturated carbocycles. The van der Waals surface area contributed by atoms with Gasteiger partial charge in [0.2, 0.25) is 12.2 Å². The number of aliphatic hydroxyl groups is 4. The fraction of sp³-hybridized carbons (Fsp3) is 0.571. The summed E-state index contributed by atoms with van der Waals surface area (Å²) in [6.45, 7) is 4.37. The van der Waals surface area contributed by atoms with Crippen LogP contribution in [0.4, 0.5) is 0 Å². The summed E-state index contributed by atoms with van der Waals surface area (Å²) in [6.07, 6.45) is -6.35. The molecule has 5 atom stereocenters. The Labute approximate surface area is 180 Å². The van der Waals surface area contributed by atoms with Gasteiger partial charge in [0.1, 0.15) is 36.8 Å². The number of nitrogens with one attached hydrogen (secondary N) is 1. The van der Waals surface area contributed by atoms with Gasteiger partial charge in [0.05, 0.1) is 6.61 Å². The molecule has 0 amide bonds. The molecule has 2 heterocycles. The van der Waals surface area contributed by atoms with Crippen molar-refractivity contribution >= 4 is 0 Å². The summed E-state index contributed by atoms with van der Waals surface area (Å²) in [6, 6.07) is 7.58. The first-order chi connectivity index (χ1) is 14.8. The fourth-order valence-corrected chi connectivity index (χ4v) is 3.47. The second kappa shape index (κ2) is 10.4. The van der Waals surface area contributed by atoms with Crippen molar-refractivity contribution in [3.05, 3.63) is 41.1 Å². The van der Waals surface area contributed by atoms with E-state index in [0.717, 1.165) is 22.6 Å². The summed E-state index contributed by atoms with van der Waals surface area (Å²) >= 11 is 0. The maximum atomic E-state index is 10.3. The molecule has 1 aliphatic rings. The molecule has 7 N–H and O–H groups in total. The molecule has 0 bridgehead atoms. The van der Waals surface area contributed by atoms with Crippen LogP contribution in [0.3, 0.4) is 0 Å². The van der Waals surface area contributed by atoms with Gasteiger partial charge in [-0.3, -0.25) is 5.10 Å². The highest BCUT2D eigenvalue weighted by atomic mass is 16.7. The zero-order chi connectivity index (χ0) is 22.5. The maximum Gasteiger partial charge on any atom is 0.238 e. The largest absolute Gasteiger partial charge is 0.492 e. The first kappa shape index (κ1) is 23.5. The van der Waals surface area contributed by atoms with Crippen molar-refractivity contribution in [3.8, 4) is 11.6 Å². The third kappa shape index (κ3) is 5.35. The summed E-state index contributed by atoms with van der Waals surface area (Å²) in [7, 11) is 0. The number of hydrogen-bond donors (Lipinski definition) is 6. The fourth-order valence-electron chi connectivity index (χ4n) is 3.47. The third-order valence-corrected chi connectivity index (χ3v) is 5.21. The van der Waals surface area contributed by atoms with Gasteiger partial charge in [-0.1, -0.05) is 26.0 Å². The Morgan fingerprint density at radius 1 is 1.13 bits per heavy atom. The lowest BCUT2D eigenvalue weighted by Gasteiger charge is -2.39. The average molecular weight is 437 g/mol. The summed E-state index contributed by atoms with van der Waals surface area (Å²) in [5.74, 6) is 1.07. The smallest absolute Gasteiger partial charge is 0.238 e. The van der Waals surface area contributed by atoms with Crippen LogP contribution in [0.5, 0.6) is 11.6 Å². The van der Waals surface area contributed by atoms with E-state index in [1.165, 1.54) is 0 Å². The molecule has 10 heteroatoms. The van der Waals surface area contributed by atoms with Crippen LogP contribution >= 0.6 is 0 Å². The molecular formula is C21H31N3O7. The molecule has 1 fully saturated rings. The van der Waals surface area contributed by atoms with Crippen molar-refractivity contribution in [2.24, 2.45) is 5.73 Å². The number of H-pyrrole nitrogens is 1. The number of ether oxygens (including phenoxy) is 3. The average Bonchev–Trinajstić information content (AvgIpc) is 3.16.